The minimum absolute atomic E-state index is 0.0593. The summed E-state index contributed by atoms with van der Waals surface area (Å²) >= 11 is 2.32. The van der Waals surface area contributed by atoms with Crippen LogP contribution in [0, 0.1) is 0 Å². The molecule has 3 aliphatic heterocycles. The fraction of sp³-hybridized carbons (Fsp3) is 0.389. The topological polar surface area (TPSA) is 210 Å². The Balaban J connectivity index is 1.41. The Morgan fingerprint density at radius 2 is 2.09 bits per heavy atom. The Morgan fingerprint density at radius 1 is 1.31 bits per heavy atom. The summed E-state index contributed by atoms with van der Waals surface area (Å²) in [5.74, 6) is -2.52. The average Bonchev–Trinajstić information content (AvgIpc) is 3.28. The summed E-state index contributed by atoms with van der Waals surface area (Å²) in [6, 6.07) is -1.01. The third kappa shape index (κ3) is 5.26. The van der Waals surface area contributed by atoms with Gasteiger partial charge in [0.15, 0.2) is 10.8 Å². The van der Waals surface area contributed by atoms with Gasteiger partial charge in [-0.05, 0) is 0 Å². The Morgan fingerprint density at radius 3 is 2.74 bits per heavy atom. The Kier molecular flexibility index (Phi) is 7.59. The largest absolute Gasteiger partial charge is 0.477 e. The SMILES string of the molecule is Nc1nc(/C(=N/O)C(=O)NC2C(=O)N3C(C(=O)O)=C(C=NN=CNN4CCNCC4)CS[C@H]23)cs1. The number of carbonyl (C=O) groups excluding carboxylic acids is 2. The number of amides is 2. The van der Waals surface area contributed by atoms with E-state index in [1.54, 1.807) is 0 Å². The van der Waals surface area contributed by atoms with Crippen molar-refractivity contribution in [1.82, 2.24) is 31.0 Å². The highest BCUT2D eigenvalue weighted by Crippen LogP contribution is 2.39. The van der Waals surface area contributed by atoms with Crippen LogP contribution in [0.3, 0.4) is 0 Å². The maximum atomic E-state index is 12.8. The van der Waals surface area contributed by atoms with Crippen molar-refractivity contribution >= 4 is 64.3 Å². The lowest BCUT2D eigenvalue weighted by Gasteiger charge is -2.49. The van der Waals surface area contributed by atoms with Crippen LogP contribution in [0.4, 0.5) is 5.13 Å². The first-order chi connectivity index (χ1) is 16.9. The van der Waals surface area contributed by atoms with Crippen LogP contribution in [0.1, 0.15) is 5.69 Å². The number of hydrazine groups is 1. The molecule has 4 rings (SSSR count). The Labute approximate surface area is 206 Å². The molecule has 0 aromatic carbocycles. The van der Waals surface area contributed by atoms with E-state index < -0.39 is 34.9 Å². The molecule has 0 aliphatic carbocycles. The summed E-state index contributed by atoms with van der Waals surface area (Å²) in [5.41, 5.74) is 8.28. The van der Waals surface area contributed by atoms with Crippen LogP contribution >= 0.6 is 23.1 Å². The molecule has 0 bridgehead atoms. The molecule has 17 heteroatoms. The van der Waals surface area contributed by atoms with Crippen LogP contribution in [0.15, 0.2) is 32.0 Å². The fourth-order valence-corrected chi connectivity index (χ4v) is 5.44. The smallest absolute Gasteiger partial charge is 0.353 e. The van der Waals surface area contributed by atoms with Crippen molar-refractivity contribution in [2.24, 2.45) is 15.4 Å². The quantitative estimate of drug-likeness (QED) is 0.0727. The minimum Gasteiger partial charge on any atom is -0.477 e. The predicted octanol–water partition coefficient (Wildman–Crippen LogP) is -1.93. The zero-order chi connectivity index (χ0) is 24.9. The number of hydrogen-bond donors (Lipinski definition) is 6. The number of nitrogens with one attached hydrogen (secondary N) is 3. The summed E-state index contributed by atoms with van der Waals surface area (Å²) in [5, 5.41) is 38.3. The molecule has 1 unspecified atom stereocenters. The third-order valence-electron chi connectivity index (χ3n) is 5.26. The lowest BCUT2D eigenvalue weighted by molar-refractivity contribution is -0.150. The minimum atomic E-state index is -1.30. The number of hydrogen-bond acceptors (Lipinski definition) is 13. The number of rotatable bonds is 8. The summed E-state index contributed by atoms with van der Waals surface area (Å²) in [6.07, 6.45) is 2.70. The van der Waals surface area contributed by atoms with Gasteiger partial charge in [-0.2, -0.15) is 5.10 Å². The number of fused-ring (bicyclic) bond motifs is 1. The van der Waals surface area contributed by atoms with Crippen molar-refractivity contribution in [1.29, 1.82) is 0 Å². The van der Waals surface area contributed by atoms with Crippen LogP contribution in [-0.2, 0) is 14.4 Å². The van der Waals surface area contributed by atoms with E-state index in [4.69, 9.17) is 5.73 Å². The summed E-state index contributed by atoms with van der Waals surface area (Å²) < 4.78 is 0. The zero-order valence-corrected chi connectivity index (χ0v) is 19.8. The van der Waals surface area contributed by atoms with Crippen molar-refractivity contribution in [2.45, 2.75) is 11.4 Å². The van der Waals surface area contributed by atoms with Crippen molar-refractivity contribution in [3.05, 3.63) is 22.3 Å². The van der Waals surface area contributed by atoms with E-state index in [1.165, 1.54) is 29.7 Å². The Hall–Kier alpha value is -3.54. The molecule has 2 atom stereocenters. The molecule has 186 valence electrons. The molecule has 1 aromatic heterocycles. The number of aromatic nitrogens is 1. The number of oxime groups is 1. The van der Waals surface area contributed by atoms with Crippen LogP contribution in [0.25, 0.3) is 0 Å². The molecule has 2 fully saturated rings. The number of piperazine rings is 1. The number of aliphatic carboxylic acids is 1. The van der Waals surface area contributed by atoms with Gasteiger partial charge in [-0.15, -0.1) is 28.2 Å². The Bertz CT molecular complexity index is 1130. The summed E-state index contributed by atoms with van der Waals surface area (Å²) in [6.45, 7) is 3.33. The lowest BCUT2D eigenvalue weighted by Crippen LogP contribution is -2.71. The first kappa shape index (κ1) is 24.6. The fourth-order valence-electron chi connectivity index (χ4n) is 3.60. The molecule has 2 saturated heterocycles. The predicted molar refractivity (Wildman–Crippen MR) is 129 cm³/mol. The second kappa shape index (κ2) is 10.8. The molecular weight excluding hydrogens is 500 g/mol. The number of nitrogens with zero attached hydrogens (tertiary/aromatic N) is 6. The van der Waals surface area contributed by atoms with E-state index in [2.05, 4.69) is 36.4 Å². The normalized spacial score (nSPS) is 23.5. The first-order valence-electron chi connectivity index (χ1n) is 10.3. The van der Waals surface area contributed by atoms with Crippen LogP contribution in [0.2, 0.25) is 0 Å². The van der Waals surface area contributed by atoms with Gasteiger partial charge >= 0.3 is 5.97 Å². The van der Waals surface area contributed by atoms with Gasteiger partial charge in [-0.1, -0.05) is 5.16 Å². The second-order valence-corrected chi connectivity index (χ2v) is 9.41. The van der Waals surface area contributed by atoms with E-state index in [9.17, 15) is 24.7 Å². The monoisotopic (exact) mass is 522 g/mol. The van der Waals surface area contributed by atoms with E-state index in [0.29, 0.717) is 5.57 Å². The van der Waals surface area contributed by atoms with Gasteiger partial charge in [-0.3, -0.25) is 14.5 Å². The standard InChI is InChI=1S/C18H22N10O5S2/c19-18-24-10(7-35-18)11(26-33)14(29)25-12-15(30)28-13(17(31)32)9(6-34-16(12)28)5-21-22-8-23-27-3-1-20-2-4-27/h5,7-8,12,16,20,33H,1-4,6H2,(H2,19,24)(H,22,23)(H,25,29)(H,31,32)/b21-5?,26-11-/t12?,16-/m1/s1. The lowest BCUT2D eigenvalue weighted by atomic mass is 10.0. The first-order valence-corrected chi connectivity index (χ1v) is 12.3. The van der Waals surface area contributed by atoms with Gasteiger partial charge in [0.1, 0.15) is 29.1 Å². The van der Waals surface area contributed by atoms with E-state index in [0.717, 1.165) is 42.4 Å². The van der Waals surface area contributed by atoms with E-state index in [1.807, 2.05) is 5.01 Å². The summed E-state index contributed by atoms with van der Waals surface area (Å²) in [4.78, 5) is 42.2. The van der Waals surface area contributed by atoms with Crippen molar-refractivity contribution in [3.8, 4) is 0 Å². The van der Waals surface area contributed by atoms with E-state index in [-0.39, 0.29) is 22.3 Å². The maximum absolute atomic E-state index is 12.8. The number of nitrogen functional groups attached to an aromatic ring is 1. The second-order valence-electron chi connectivity index (χ2n) is 7.41. The molecule has 0 saturated carbocycles. The van der Waals surface area contributed by atoms with Crippen molar-refractivity contribution in [2.75, 3.05) is 37.7 Å². The number of anilines is 1. The van der Waals surface area contributed by atoms with Crippen LogP contribution < -0.4 is 21.8 Å². The number of carboxylic acid groups (broad SMARTS) is 1. The van der Waals surface area contributed by atoms with Crippen LogP contribution in [-0.4, -0.2) is 105 Å². The van der Waals surface area contributed by atoms with Gasteiger partial charge in [0.2, 0.25) is 0 Å². The van der Waals surface area contributed by atoms with Gasteiger partial charge in [0.25, 0.3) is 11.8 Å². The van der Waals surface area contributed by atoms with Gasteiger partial charge in [0, 0.05) is 42.9 Å². The highest BCUT2D eigenvalue weighted by molar-refractivity contribution is 8.00. The molecule has 1 aromatic rings. The van der Waals surface area contributed by atoms with E-state index >= 15 is 0 Å². The molecule has 3 aliphatic rings. The number of carboxylic acids is 1. The number of β-lactam (4-membered cyclic amide) rings is 1. The molecule has 0 radical (unpaired) electrons. The molecule has 7 N–H and O–H groups in total. The molecule has 0 spiro atoms. The highest BCUT2D eigenvalue weighted by Gasteiger charge is 2.54. The average molecular weight is 523 g/mol. The molecule has 35 heavy (non-hydrogen) atoms. The number of nitrogens with two attached hydrogens (primary N) is 1. The summed E-state index contributed by atoms with van der Waals surface area (Å²) in [7, 11) is 0. The zero-order valence-electron chi connectivity index (χ0n) is 18.1. The highest BCUT2D eigenvalue weighted by atomic mass is 32.2. The van der Waals surface area contributed by atoms with Gasteiger partial charge in [0.05, 0.1) is 6.21 Å². The maximum Gasteiger partial charge on any atom is 0.353 e. The van der Waals surface area contributed by atoms with Crippen molar-refractivity contribution < 1.29 is 24.7 Å². The van der Waals surface area contributed by atoms with Crippen molar-refractivity contribution in [3.63, 3.8) is 0 Å². The number of thiazole rings is 1. The molecule has 4 heterocycles. The molecule has 15 nitrogen and oxygen atoms in total. The number of thioether (sulfide) groups is 1. The molecule has 2 amide bonds. The number of carbonyl (C=O) groups is 3. The third-order valence-corrected chi connectivity index (χ3v) is 7.24. The van der Waals surface area contributed by atoms with Gasteiger partial charge in [-0.25, -0.2) is 14.8 Å². The molecular formula is C18H22N10O5S2. The van der Waals surface area contributed by atoms with Gasteiger partial charge < -0.3 is 32.1 Å². The van der Waals surface area contributed by atoms with Crippen LogP contribution in [0.5, 0.6) is 0 Å².